The molecule has 21 heavy (non-hydrogen) atoms. The lowest BCUT2D eigenvalue weighted by Crippen LogP contribution is -2.07. The molecule has 2 rings (SSSR count). The van der Waals surface area contributed by atoms with Gasteiger partial charge in [0.15, 0.2) is 0 Å². The predicted octanol–water partition coefficient (Wildman–Crippen LogP) is 3.07. The molecule has 0 spiro atoms. The second-order valence-corrected chi connectivity index (χ2v) is 5.04. The number of nitrogens with zero attached hydrogens (tertiary/aromatic N) is 2. The Morgan fingerprint density at radius 3 is 2.33 bits per heavy atom. The van der Waals surface area contributed by atoms with E-state index < -0.39 is 5.97 Å². The van der Waals surface area contributed by atoms with E-state index in [1.165, 1.54) is 12.4 Å². The zero-order valence-electron chi connectivity index (χ0n) is 11.8. The van der Waals surface area contributed by atoms with Gasteiger partial charge in [0, 0.05) is 23.8 Å². The largest absolute Gasteiger partial charge is 0.493 e. The summed E-state index contributed by atoms with van der Waals surface area (Å²) in [4.78, 5) is 18.7. The highest BCUT2D eigenvalue weighted by atomic mass is 35.5. The molecule has 1 heterocycles. The summed E-state index contributed by atoms with van der Waals surface area (Å²) in [5, 5.41) is 9.50. The summed E-state index contributed by atoms with van der Waals surface area (Å²) >= 11 is 6.10. The molecule has 0 radical (unpaired) electrons. The van der Waals surface area contributed by atoms with Crippen LogP contribution < -0.4 is 4.74 Å². The predicted molar refractivity (Wildman–Crippen MR) is 79.1 cm³/mol. The molecular formula is C15H15ClN2O3. The van der Waals surface area contributed by atoms with Crippen molar-refractivity contribution < 1.29 is 14.6 Å². The van der Waals surface area contributed by atoms with Gasteiger partial charge in [0.25, 0.3) is 0 Å². The van der Waals surface area contributed by atoms with Gasteiger partial charge in [-0.3, -0.25) is 0 Å². The number of carboxylic acid groups (broad SMARTS) is 1. The van der Waals surface area contributed by atoms with Crippen molar-refractivity contribution in [2.75, 3.05) is 6.61 Å². The average Bonchev–Trinajstić information content (AvgIpc) is 2.45. The number of benzene rings is 1. The number of carboxylic acids is 1. The van der Waals surface area contributed by atoms with Crippen LogP contribution >= 0.6 is 11.6 Å². The van der Waals surface area contributed by atoms with Crippen LogP contribution in [0, 0.1) is 13.8 Å². The Labute approximate surface area is 127 Å². The van der Waals surface area contributed by atoms with Crippen molar-refractivity contribution in [2.45, 2.75) is 20.3 Å². The Balaban J connectivity index is 1.94. The Morgan fingerprint density at radius 2 is 1.81 bits per heavy atom. The monoisotopic (exact) mass is 306 g/mol. The third-order valence-electron chi connectivity index (χ3n) is 2.96. The molecule has 0 bridgehead atoms. The van der Waals surface area contributed by atoms with Gasteiger partial charge in [-0.1, -0.05) is 11.6 Å². The molecule has 0 aliphatic heterocycles. The van der Waals surface area contributed by atoms with Crippen molar-refractivity contribution in [3.05, 3.63) is 52.1 Å². The summed E-state index contributed by atoms with van der Waals surface area (Å²) in [5.41, 5.74) is 2.01. The first-order chi connectivity index (χ1) is 9.97. The molecule has 1 aromatic carbocycles. The maximum absolute atomic E-state index is 10.7. The summed E-state index contributed by atoms with van der Waals surface area (Å²) in [6.45, 7) is 4.26. The minimum Gasteiger partial charge on any atom is -0.493 e. The number of hydrogen-bond donors (Lipinski definition) is 1. The van der Waals surface area contributed by atoms with E-state index >= 15 is 0 Å². The van der Waals surface area contributed by atoms with Crippen LogP contribution in [0.4, 0.5) is 0 Å². The Morgan fingerprint density at radius 1 is 1.24 bits per heavy atom. The van der Waals surface area contributed by atoms with Crippen molar-refractivity contribution in [2.24, 2.45) is 0 Å². The van der Waals surface area contributed by atoms with Crippen molar-refractivity contribution in [3.63, 3.8) is 0 Å². The zero-order valence-corrected chi connectivity index (χ0v) is 12.5. The molecule has 0 atom stereocenters. The maximum Gasteiger partial charge on any atom is 0.338 e. The number of hydrogen-bond acceptors (Lipinski definition) is 4. The van der Waals surface area contributed by atoms with E-state index in [1.807, 2.05) is 26.0 Å². The van der Waals surface area contributed by atoms with E-state index in [-0.39, 0.29) is 5.56 Å². The minimum atomic E-state index is -1.04. The van der Waals surface area contributed by atoms with Crippen LogP contribution in [0.25, 0.3) is 0 Å². The molecule has 0 saturated heterocycles. The van der Waals surface area contributed by atoms with Gasteiger partial charge >= 0.3 is 5.97 Å². The molecule has 6 heteroatoms. The highest BCUT2D eigenvalue weighted by Gasteiger charge is 2.06. The standard InChI is InChI=1S/C15H15ClN2O3/c1-9-5-12(6-10(2)14(9)16)21-4-3-13-17-7-11(8-18-13)15(19)20/h5-8H,3-4H2,1-2H3,(H,19,20). The summed E-state index contributed by atoms with van der Waals surface area (Å²) in [6, 6.07) is 3.76. The average molecular weight is 307 g/mol. The molecule has 0 amide bonds. The van der Waals surface area contributed by atoms with Gasteiger partial charge in [-0.15, -0.1) is 0 Å². The fourth-order valence-corrected chi connectivity index (χ4v) is 1.95. The van der Waals surface area contributed by atoms with Crippen LogP contribution in [0.3, 0.4) is 0 Å². The van der Waals surface area contributed by atoms with Gasteiger partial charge in [-0.25, -0.2) is 14.8 Å². The molecule has 110 valence electrons. The first-order valence-electron chi connectivity index (χ1n) is 6.41. The van der Waals surface area contributed by atoms with Gasteiger partial charge in [0.1, 0.15) is 11.6 Å². The number of aromatic carboxylic acids is 1. The Bertz CT molecular complexity index is 633. The van der Waals surface area contributed by atoms with Gasteiger partial charge in [0.2, 0.25) is 0 Å². The number of carbonyl (C=O) groups is 1. The number of ether oxygens (including phenoxy) is 1. The van der Waals surface area contributed by atoms with Crippen molar-refractivity contribution in [1.29, 1.82) is 0 Å². The van der Waals surface area contributed by atoms with Gasteiger partial charge in [0.05, 0.1) is 12.2 Å². The minimum absolute atomic E-state index is 0.0728. The normalized spacial score (nSPS) is 10.4. The number of aromatic nitrogens is 2. The summed E-state index contributed by atoms with van der Waals surface area (Å²) < 4.78 is 5.65. The van der Waals surface area contributed by atoms with E-state index in [1.54, 1.807) is 0 Å². The van der Waals surface area contributed by atoms with E-state index in [9.17, 15) is 4.79 Å². The first kappa shape index (κ1) is 15.3. The molecule has 1 N–H and O–H groups in total. The van der Waals surface area contributed by atoms with Gasteiger partial charge < -0.3 is 9.84 Å². The van der Waals surface area contributed by atoms with Crippen molar-refractivity contribution in [1.82, 2.24) is 9.97 Å². The Hall–Kier alpha value is -2.14. The number of rotatable bonds is 5. The fourth-order valence-electron chi connectivity index (χ4n) is 1.84. The molecule has 2 aromatic rings. The van der Waals surface area contributed by atoms with E-state index in [0.29, 0.717) is 18.9 Å². The van der Waals surface area contributed by atoms with E-state index in [4.69, 9.17) is 21.4 Å². The van der Waals surface area contributed by atoms with Gasteiger partial charge in [-0.05, 0) is 37.1 Å². The molecule has 0 aliphatic rings. The van der Waals surface area contributed by atoms with Crippen LogP contribution in [0.5, 0.6) is 5.75 Å². The van der Waals surface area contributed by atoms with Crippen LogP contribution in [0.2, 0.25) is 5.02 Å². The molecule has 0 saturated carbocycles. The molecule has 0 aliphatic carbocycles. The maximum atomic E-state index is 10.7. The van der Waals surface area contributed by atoms with Crippen LogP contribution in [0.15, 0.2) is 24.5 Å². The topological polar surface area (TPSA) is 72.3 Å². The third kappa shape index (κ3) is 3.92. The summed E-state index contributed by atoms with van der Waals surface area (Å²) in [5.74, 6) is 0.254. The lowest BCUT2D eigenvalue weighted by Gasteiger charge is -2.09. The second-order valence-electron chi connectivity index (χ2n) is 4.66. The number of halogens is 1. The van der Waals surface area contributed by atoms with Crippen LogP contribution in [-0.2, 0) is 6.42 Å². The van der Waals surface area contributed by atoms with E-state index in [2.05, 4.69) is 9.97 Å². The first-order valence-corrected chi connectivity index (χ1v) is 6.79. The lowest BCUT2D eigenvalue weighted by molar-refractivity contribution is 0.0696. The van der Waals surface area contributed by atoms with E-state index in [0.717, 1.165) is 21.9 Å². The summed E-state index contributed by atoms with van der Waals surface area (Å²) in [6.07, 6.45) is 3.09. The van der Waals surface area contributed by atoms with Crippen molar-refractivity contribution in [3.8, 4) is 5.75 Å². The molecule has 0 unspecified atom stereocenters. The fraction of sp³-hybridized carbons (Fsp3) is 0.267. The zero-order chi connectivity index (χ0) is 15.4. The van der Waals surface area contributed by atoms with Crippen molar-refractivity contribution >= 4 is 17.6 Å². The lowest BCUT2D eigenvalue weighted by atomic mass is 10.1. The molecule has 0 fully saturated rings. The smallest absolute Gasteiger partial charge is 0.338 e. The summed E-state index contributed by atoms with van der Waals surface area (Å²) in [7, 11) is 0. The quantitative estimate of drug-likeness (QED) is 0.919. The van der Waals surface area contributed by atoms with Crippen LogP contribution in [0.1, 0.15) is 27.3 Å². The van der Waals surface area contributed by atoms with Crippen LogP contribution in [-0.4, -0.2) is 27.7 Å². The molecule has 5 nitrogen and oxygen atoms in total. The van der Waals surface area contributed by atoms with Gasteiger partial charge in [-0.2, -0.15) is 0 Å². The Kier molecular flexibility index (Phi) is 4.75. The SMILES string of the molecule is Cc1cc(OCCc2ncc(C(=O)O)cn2)cc(C)c1Cl. The third-order valence-corrected chi connectivity index (χ3v) is 3.55. The highest BCUT2D eigenvalue weighted by Crippen LogP contribution is 2.25. The molecular weight excluding hydrogens is 292 g/mol. The highest BCUT2D eigenvalue weighted by molar-refractivity contribution is 6.32. The molecule has 1 aromatic heterocycles. The number of aryl methyl sites for hydroxylation is 2. The second kappa shape index (κ2) is 6.54.